The summed E-state index contributed by atoms with van der Waals surface area (Å²) in [7, 11) is 0. The quantitative estimate of drug-likeness (QED) is 0.909. The van der Waals surface area contributed by atoms with E-state index < -0.39 is 0 Å². The maximum Gasteiger partial charge on any atom is 0.277 e. The smallest absolute Gasteiger partial charge is 0.277 e. The Bertz CT molecular complexity index is 642. The number of anilines is 1. The minimum atomic E-state index is -0.202. The van der Waals surface area contributed by atoms with Crippen LogP contribution in [0.4, 0.5) is 5.13 Å². The topological polar surface area (TPSA) is 71.8 Å². The summed E-state index contributed by atoms with van der Waals surface area (Å²) in [6, 6.07) is 2.10. The minimum Gasteiger partial charge on any atom is -0.315 e. The fourth-order valence-electron chi connectivity index (χ4n) is 2.49. The molecule has 0 spiro atoms. The molecule has 22 heavy (non-hydrogen) atoms. The van der Waals surface area contributed by atoms with Crippen LogP contribution in [0.1, 0.15) is 54.0 Å². The Kier molecular flexibility index (Phi) is 4.54. The fourth-order valence-corrected chi connectivity index (χ4v) is 3.31. The first-order valence-electron chi connectivity index (χ1n) is 7.66. The molecule has 0 aromatic carbocycles. The number of piperidine rings is 1. The average molecular weight is 319 g/mol. The van der Waals surface area contributed by atoms with Crippen LogP contribution in [-0.2, 0) is 0 Å². The van der Waals surface area contributed by atoms with Crippen LogP contribution >= 0.6 is 11.3 Å². The first kappa shape index (κ1) is 15.2. The van der Waals surface area contributed by atoms with E-state index >= 15 is 0 Å². The molecule has 2 aromatic rings. The van der Waals surface area contributed by atoms with Crippen LogP contribution in [0.25, 0.3) is 0 Å². The Morgan fingerprint density at radius 3 is 3.09 bits per heavy atom. The number of amides is 1. The molecular formula is C15H21N5OS. The number of nitrogens with zero attached hydrogens (tertiary/aromatic N) is 3. The molecule has 1 atom stereocenters. The van der Waals surface area contributed by atoms with Crippen LogP contribution in [0.15, 0.2) is 18.5 Å². The van der Waals surface area contributed by atoms with E-state index in [9.17, 15) is 4.79 Å². The van der Waals surface area contributed by atoms with Crippen molar-refractivity contribution in [3.8, 4) is 0 Å². The summed E-state index contributed by atoms with van der Waals surface area (Å²) >= 11 is 1.51. The molecule has 1 saturated heterocycles. The van der Waals surface area contributed by atoms with Crippen molar-refractivity contribution >= 4 is 22.4 Å². The lowest BCUT2D eigenvalue weighted by atomic mass is 10.1. The second kappa shape index (κ2) is 6.58. The van der Waals surface area contributed by atoms with Gasteiger partial charge in [0.25, 0.3) is 5.91 Å². The van der Waals surface area contributed by atoms with E-state index in [0.717, 1.165) is 30.8 Å². The lowest BCUT2D eigenvalue weighted by Gasteiger charge is -2.22. The van der Waals surface area contributed by atoms with Crippen molar-refractivity contribution in [3.63, 3.8) is 0 Å². The van der Waals surface area contributed by atoms with Gasteiger partial charge in [0, 0.05) is 23.8 Å². The van der Waals surface area contributed by atoms with Crippen molar-refractivity contribution < 1.29 is 4.79 Å². The van der Waals surface area contributed by atoms with E-state index in [1.165, 1.54) is 11.3 Å². The van der Waals surface area contributed by atoms with E-state index in [0.29, 0.717) is 22.8 Å². The van der Waals surface area contributed by atoms with Gasteiger partial charge >= 0.3 is 0 Å². The number of hydrogen-bond donors (Lipinski definition) is 2. The van der Waals surface area contributed by atoms with Gasteiger partial charge in [-0.25, -0.2) is 4.98 Å². The summed E-state index contributed by atoms with van der Waals surface area (Å²) in [5, 5.41) is 11.2. The van der Waals surface area contributed by atoms with Crippen LogP contribution in [-0.4, -0.2) is 33.8 Å². The van der Waals surface area contributed by atoms with Crippen LogP contribution in [0.5, 0.6) is 0 Å². The zero-order valence-electron chi connectivity index (χ0n) is 12.9. The molecule has 0 aliphatic carbocycles. The maximum absolute atomic E-state index is 12.3. The number of aromatic nitrogens is 3. The summed E-state index contributed by atoms with van der Waals surface area (Å²) < 4.78 is 1.89. The standard InChI is InChI=1S/C15H21N5OS/c1-10(2)13-9-17-15(22-13)18-14(21)12-5-7-20(19-12)11-4-3-6-16-8-11/h5,7,9-11,16H,3-4,6,8H2,1-2H3,(H,17,18,21). The number of thiazole rings is 1. The number of carbonyl (C=O) groups excluding carboxylic acids is 1. The number of nitrogens with one attached hydrogen (secondary N) is 2. The Labute approximate surface area is 133 Å². The largest absolute Gasteiger partial charge is 0.315 e. The molecule has 1 fully saturated rings. The lowest BCUT2D eigenvalue weighted by Crippen LogP contribution is -2.32. The van der Waals surface area contributed by atoms with E-state index in [1.807, 2.05) is 17.1 Å². The zero-order valence-corrected chi connectivity index (χ0v) is 13.7. The summed E-state index contributed by atoms with van der Waals surface area (Å²) in [6.07, 6.45) is 5.94. The van der Waals surface area contributed by atoms with Crippen molar-refractivity contribution in [1.29, 1.82) is 0 Å². The number of hydrogen-bond acceptors (Lipinski definition) is 5. The van der Waals surface area contributed by atoms with Gasteiger partial charge in [0.05, 0.1) is 6.04 Å². The molecule has 0 bridgehead atoms. The third-order valence-corrected chi connectivity index (χ3v) is 5.01. The van der Waals surface area contributed by atoms with Crippen LogP contribution in [0.3, 0.4) is 0 Å². The van der Waals surface area contributed by atoms with E-state index in [4.69, 9.17) is 0 Å². The predicted octanol–water partition coefficient (Wildman–Crippen LogP) is 2.64. The SMILES string of the molecule is CC(C)c1cnc(NC(=O)c2ccn(C3CCCNC3)n2)s1. The van der Waals surface area contributed by atoms with Gasteiger partial charge < -0.3 is 5.32 Å². The Morgan fingerprint density at radius 1 is 1.55 bits per heavy atom. The summed E-state index contributed by atoms with van der Waals surface area (Å²) in [4.78, 5) is 17.7. The van der Waals surface area contributed by atoms with E-state index in [1.54, 1.807) is 6.07 Å². The summed E-state index contributed by atoms with van der Waals surface area (Å²) in [5.41, 5.74) is 0.437. The first-order chi connectivity index (χ1) is 10.6. The highest BCUT2D eigenvalue weighted by Crippen LogP contribution is 2.25. The Hall–Kier alpha value is -1.73. The third kappa shape index (κ3) is 3.36. The van der Waals surface area contributed by atoms with Gasteiger partial charge in [-0.05, 0) is 31.4 Å². The molecule has 6 nitrogen and oxygen atoms in total. The molecule has 1 aliphatic heterocycles. The molecule has 7 heteroatoms. The van der Waals surface area contributed by atoms with Gasteiger partial charge in [0.15, 0.2) is 10.8 Å². The van der Waals surface area contributed by atoms with E-state index in [-0.39, 0.29) is 5.91 Å². The molecule has 118 valence electrons. The molecule has 1 amide bonds. The van der Waals surface area contributed by atoms with Crippen molar-refractivity contribution in [1.82, 2.24) is 20.1 Å². The van der Waals surface area contributed by atoms with E-state index in [2.05, 4.69) is 34.6 Å². The third-order valence-electron chi connectivity index (χ3n) is 3.80. The Morgan fingerprint density at radius 2 is 2.41 bits per heavy atom. The van der Waals surface area contributed by atoms with Crippen LogP contribution in [0.2, 0.25) is 0 Å². The molecule has 3 heterocycles. The molecule has 0 radical (unpaired) electrons. The summed E-state index contributed by atoms with van der Waals surface area (Å²) in [6.45, 7) is 6.19. The van der Waals surface area contributed by atoms with Gasteiger partial charge in [0.2, 0.25) is 0 Å². The van der Waals surface area contributed by atoms with Gasteiger partial charge in [-0.2, -0.15) is 5.10 Å². The van der Waals surface area contributed by atoms with Crippen LogP contribution < -0.4 is 10.6 Å². The highest BCUT2D eigenvalue weighted by molar-refractivity contribution is 7.15. The minimum absolute atomic E-state index is 0.202. The second-order valence-corrected chi connectivity index (χ2v) is 6.92. The normalized spacial score (nSPS) is 18.6. The average Bonchev–Trinajstić information content (AvgIpc) is 3.17. The second-order valence-electron chi connectivity index (χ2n) is 5.86. The summed E-state index contributed by atoms with van der Waals surface area (Å²) in [5.74, 6) is 0.216. The fraction of sp³-hybridized carbons (Fsp3) is 0.533. The molecule has 1 aliphatic rings. The van der Waals surface area contributed by atoms with Gasteiger partial charge in [-0.3, -0.25) is 14.8 Å². The van der Waals surface area contributed by atoms with Gasteiger partial charge in [-0.1, -0.05) is 13.8 Å². The lowest BCUT2D eigenvalue weighted by molar-refractivity contribution is 0.102. The molecule has 3 rings (SSSR count). The monoisotopic (exact) mass is 319 g/mol. The highest BCUT2D eigenvalue weighted by Gasteiger charge is 2.18. The van der Waals surface area contributed by atoms with Crippen molar-refractivity contribution in [2.45, 2.75) is 38.6 Å². The maximum atomic E-state index is 12.3. The van der Waals surface area contributed by atoms with Crippen LogP contribution in [0, 0.1) is 0 Å². The molecule has 0 saturated carbocycles. The molecule has 1 unspecified atom stereocenters. The predicted molar refractivity (Wildman–Crippen MR) is 87.5 cm³/mol. The van der Waals surface area contributed by atoms with Gasteiger partial charge in [-0.15, -0.1) is 11.3 Å². The zero-order chi connectivity index (χ0) is 15.5. The number of rotatable bonds is 4. The number of carbonyl (C=O) groups is 1. The van der Waals surface area contributed by atoms with Crippen molar-refractivity contribution in [2.75, 3.05) is 18.4 Å². The van der Waals surface area contributed by atoms with Crippen molar-refractivity contribution in [2.24, 2.45) is 0 Å². The molecule has 2 aromatic heterocycles. The molecule has 2 N–H and O–H groups in total. The van der Waals surface area contributed by atoms with Crippen molar-refractivity contribution in [3.05, 3.63) is 29.0 Å². The Balaban J connectivity index is 1.65. The highest BCUT2D eigenvalue weighted by atomic mass is 32.1. The first-order valence-corrected chi connectivity index (χ1v) is 8.48. The molecular weight excluding hydrogens is 298 g/mol. The van der Waals surface area contributed by atoms with Gasteiger partial charge in [0.1, 0.15) is 0 Å².